The van der Waals surface area contributed by atoms with Gasteiger partial charge in [-0.3, -0.25) is 14.5 Å². The van der Waals surface area contributed by atoms with Crippen LogP contribution < -0.4 is 4.90 Å². The molecule has 0 spiro atoms. The molecule has 1 amide bonds. The summed E-state index contributed by atoms with van der Waals surface area (Å²) in [6, 6.07) is 6.85. The maximum Gasteiger partial charge on any atom is 0.300 e. The highest BCUT2D eigenvalue weighted by atomic mass is 16.2. The summed E-state index contributed by atoms with van der Waals surface area (Å²) >= 11 is 0. The number of hydrogen-bond donors (Lipinski definition) is 0. The van der Waals surface area contributed by atoms with Gasteiger partial charge in [0.25, 0.3) is 11.7 Å². The molecular weight excluding hydrogens is 178 g/mol. The molecule has 3 heteroatoms. The van der Waals surface area contributed by atoms with Gasteiger partial charge in [0.15, 0.2) is 0 Å². The number of ketones is 1. The molecule has 0 unspecified atom stereocenters. The van der Waals surface area contributed by atoms with Crippen molar-refractivity contribution in [3.05, 3.63) is 29.8 Å². The van der Waals surface area contributed by atoms with Gasteiger partial charge in [-0.1, -0.05) is 18.1 Å². The lowest BCUT2D eigenvalue weighted by Crippen LogP contribution is -2.29. The largest absolute Gasteiger partial charge is 0.300 e. The lowest BCUT2D eigenvalue weighted by atomic mass is 10.1. The highest BCUT2D eigenvalue weighted by molar-refractivity contribution is 6.52. The Morgan fingerprint density at radius 3 is 2.71 bits per heavy atom. The van der Waals surface area contributed by atoms with Crippen LogP contribution >= 0.6 is 0 Å². The number of fused-ring (bicyclic) bond motifs is 1. The molecule has 1 aromatic rings. The first-order valence-corrected chi connectivity index (χ1v) is 4.14. The second-order valence-corrected chi connectivity index (χ2v) is 2.94. The Balaban J connectivity index is 2.54. The number of carbonyl (C=O) groups is 2. The van der Waals surface area contributed by atoms with Gasteiger partial charge in [-0.05, 0) is 12.1 Å². The summed E-state index contributed by atoms with van der Waals surface area (Å²) in [5, 5.41) is 0. The molecule has 3 nitrogen and oxygen atoms in total. The van der Waals surface area contributed by atoms with E-state index < -0.39 is 11.7 Å². The molecule has 68 valence electrons. The predicted octanol–water partition coefficient (Wildman–Crippen LogP) is 0.849. The fourth-order valence-electron chi connectivity index (χ4n) is 1.50. The van der Waals surface area contributed by atoms with Crippen molar-refractivity contribution in [2.75, 3.05) is 11.4 Å². The molecule has 0 N–H and O–H groups in total. The SMILES string of the molecule is C#CCN1C(=O)C(=O)c2ccccc21. The van der Waals surface area contributed by atoms with Crippen LogP contribution in [0.4, 0.5) is 5.69 Å². The Morgan fingerprint density at radius 2 is 2.00 bits per heavy atom. The quantitative estimate of drug-likeness (QED) is 0.480. The van der Waals surface area contributed by atoms with Crippen LogP contribution in [-0.4, -0.2) is 18.2 Å². The molecule has 0 fully saturated rings. The topological polar surface area (TPSA) is 37.4 Å². The van der Waals surface area contributed by atoms with Crippen molar-refractivity contribution in [1.82, 2.24) is 0 Å². The van der Waals surface area contributed by atoms with Crippen LogP contribution in [0.1, 0.15) is 10.4 Å². The van der Waals surface area contributed by atoms with E-state index in [1.165, 1.54) is 4.90 Å². The summed E-state index contributed by atoms with van der Waals surface area (Å²) in [4.78, 5) is 24.2. The number of amides is 1. The molecule has 1 aromatic carbocycles. The number of para-hydroxylation sites is 1. The molecule has 1 aliphatic heterocycles. The van der Waals surface area contributed by atoms with Gasteiger partial charge in [-0.25, -0.2) is 0 Å². The van der Waals surface area contributed by atoms with E-state index in [2.05, 4.69) is 5.92 Å². The maximum absolute atomic E-state index is 11.4. The van der Waals surface area contributed by atoms with Crippen molar-refractivity contribution >= 4 is 17.4 Å². The van der Waals surface area contributed by atoms with Crippen LogP contribution in [0.3, 0.4) is 0 Å². The summed E-state index contributed by atoms with van der Waals surface area (Å²) in [7, 11) is 0. The minimum Gasteiger partial charge on any atom is -0.293 e. The molecule has 0 aromatic heterocycles. The standard InChI is InChI=1S/C11H7NO2/c1-2-7-12-9-6-4-3-5-8(9)10(13)11(12)14/h1,3-6H,7H2. The van der Waals surface area contributed by atoms with E-state index in [0.29, 0.717) is 11.3 Å². The zero-order valence-corrected chi connectivity index (χ0v) is 7.36. The van der Waals surface area contributed by atoms with Gasteiger partial charge >= 0.3 is 0 Å². The average molecular weight is 185 g/mol. The minimum absolute atomic E-state index is 0.140. The minimum atomic E-state index is -0.538. The number of Topliss-reactive ketones (excluding diaryl/α,β-unsaturated/α-hetero) is 1. The normalized spacial score (nSPS) is 14.1. The number of hydrogen-bond acceptors (Lipinski definition) is 2. The molecule has 0 saturated carbocycles. The number of terminal acetylenes is 1. The summed E-state index contributed by atoms with van der Waals surface area (Å²) in [6.07, 6.45) is 5.12. The Hall–Kier alpha value is -2.08. The van der Waals surface area contributed by atoms with Crippen molar-refractivity contribution in [1.29, 1.82) is 0 Å². The van der Waals surface area contributed by atoms with E-state index >= 15 is 0 Å². The van der Waals surface area contributed by atoms with Crippen LogP contribution in [0.25, 0.3) is 0 Å². The van der Waals surface area contributed by atoms with E-state index in [0.717, 1.165) is 0 Å². The van der Waals surface area contributed by atoms with Gasteiger partial charge in [0.1, 0.15) is 0 Å². The van der Waals surface area contributed by atoms with Crippen LogP contribution in [0, 0.1) is 12.3 Å². The van der Waals surface area contributed by atoms with Crippen LogP contribution in [0.2, 0.25) is 0 Å². The fraction of sp³-hybridized carbons (Fsp3) is 0.0909. The van der Waals surface area contributed by atoms with Gasteiger partial charge < -0.3 is 0 Å². The smallest absolute Gasteiger partial charge is 0.293 e. The second-order valence-electron chi connectivity index (χ2n) is 2.94. The molecule has 0 radical (unpaired) electrons. The first-order valence-electron chi connectivity index (χ1n) is 4.14. The zero-order valence-electron chi connectivity index (χ0n) is 7.36. The zero-order chi connectivity index (χ0) is 10.1. The molecular formula is C11H7NO2. The summed E-state index contributed by atoms with van der Waals surface area (Å²) < 4.78 is 0. The van der Waals surface area contributed by atoms with Crippen molar-refractivity contribution in [2.45, 2.75) is 0 Å². The van der Waals surface area contributed by atoms with Crippen molar-refractivity contribution < 1.29 is 9.59 Å². The third-order valence-corrected chi connectivity index (χ3v) is 2.13. The number of rotatable bonds is 1. The van der Waals surface area contributed by atoms with Crippen molar-refractivity contribution in [3.63, 3.8) is 0 Å². The molecule has 1 aliphatic rings. The Morgan fingerprint density at radius 1 is 1.29 bits per heavy atom. The van der Waals surface area contributed by atoms with Gasteiger partial charge in [0.2, 0.25) is 0 Å². The van der Waals surface area contributed by atoms with Gasteiger partial charge in [-0.2, -0.15) is 0 Å². The number of nitrogens with zero attached hydrogens (tertiary/aromatic N) is 1. The van der Waals surface area contributed by atoms with Gasteiger partial charge in [0, 0.05) is 0 Å². The first-order chi connectivity index (χ1) is 6.75. The fourth-order valence-corrected chi connectivity index (χ4v) is 1.50. The predicted molar refractivity (Wildman–Crippen MR) is 52.0 cm³/mol. The van der Waals surface area contributed by atoms with Crippen molar-refractivity contribution in [2.24, 2.45) is 0 Å². The van der Waals surface area contributed by atoms with Crippen molar-refractivity contribution in [3.8, 4) is 12.3 Å². The first kappa shape index (κ1) is 8.52. The molecule has 1 heterocycles. The third-order valence-electron chi connectivity index (χ3n) is 2.13. The third kappa shape index (κ3) is 1.01. The summed E-state index contributed by atoms with van der Waals surface area (Å²) in [5.41, 5.74) is 1.05. The Bertz CT molecular complexity index is 457. The number of anilines is 1. The number of benzene rings is 1. The van der Waals surface area contributed by atoms with E-state index in [9.17, 15) is 9.59 Å². The maximum atomic E-state index is 11.4. The lowest BCUT2D eigenvalue weighted by Gasteiger charge is -2.11. The Kier molecular flexibility index (Phi) is 1.83. The highest BCUT2D eigenvalue weighted by Crippen LogP contribution is 2.27. The van der Waals surface area contributed by atoms with Gasteiger partial charge in [0.05, 0.1) is 17.8 Å². The average Bonchev–Trinajstić information content (AvgIpc) is 2.45. The Labute approximate surface area is 81.3 Å². The van der Waals surface area contributed by atoms with E-state index in [1.54, 1.807) is 24.3 Å². The van der Waals surface area contributed by atoms with Crippen LogP contribution in [0.5, 0.6) is 0 Å². The van der Waals surface area contributed by atoms with Crippen LogP contribution in [-0.2, 0) is 4.79 Å². The number of carbonyl (C=O) groups excluding carboxylic acids is 2. The van der Waals surface area contributed by atoms with E-state index in [1.807, 2.05) is 0 Å². The molecule has 0 bridgehead atoms. The monoisotopic (exact) mass is 185 g/mol. The second kappa shape index (κ2) is 3.00. The van der Waals surface area contributed by atoms with E-state index in [-0.39, 0.29) is 6.54 Å². The summed E-state index contributed by atoms with van der Waals surface area (Å²) in [5.74, 6) is 1.34. The lowest BCUT2D eigenvalue weighted by molar-refractivity contribution is -0.114. The molecule has 0 aliphatic carbocycles. The molecule has 0 saturated heterocycles. The molecule has 2 rings (SSSR count). The van der Waals surface area contributed by atoms with Crippen LogP contribution in [0.15, 0.2) is 24.3 Å². The molecule has 0 atom stereocenters. The van der Waals surface area contributed by atoms with Gasteiger partial charge in [-0.15, -0.1) is 6.42 Å². The molecule has 14 heavy (non-hydrogen) atoms. The van der Waals surface area contributed by atoms with E-state index in [4.69, 9.17) is 6.42 Å². The summed E-state index contributed by atoms with van der Waals surface area (Å²) in [6.45, 7) is 0.140. The highest BCUT2D eigenvalue weighted by Gasteiger charge is 2.34.